The van der Waals surface area contributed by atoms with Gasteiger partial charge in [0.05, 0.1) is 0 Å². The summed E-state index contributed by atoms with van der Waals surface area (Å²) in [5.74, 6) is 0.0610. The molecule has 0 fully saturated rings. The second-order valence-electron chi connectivity index (χ2n) is 7.33. The number of nitrogens with one attached hydrogen (secondary N) is 1. The molecule has 1 amide bonds. The summed E-state index contributed by atoms with van der Waals surface area (Å²) in [6.45, 7) is 1.39. The van der Waals surface area contributed by atoms with Crippen molar-refractivity contribution in [3.8, 4) is 0 Å². The lowest BCUT2D eigenvalue weighted by molar-refractivity contribution is -0.125. The second-order valence-corrected chi connectivity index (χ2v) is 7.33. The van der Waals surface area contributed by atoms with Crippen LogP contribution in [-0.2, 0) is 4.79 Å². The molecule has 0 atom stereocenters. The van der Waals surface area contributed by atoms with Crippen LogP contribution in [0.5, 0.6) is 0 Å². The number of rotatable bonds is 4. The first kappa shape index (κ1) is 18.1. The molecular weight excluding hydrogens is 346 g/mol. The van der Waals surface area contributed by atoms with Gasteiger partial charge in [0.2, 0.25) is 5.91 Å². The summed E-state index contributed by atoms with van der Waals surface area (Å²) in [5, 5.41) is 1.24. The van der Waals surface area contributed by atoms with E-state index in [1.807, 2.05) is 43.3 Å². The Kier molecular flexibility index (Phi) is 5.02. The third-order valence-corrected chi connectivity index (χ3v) is 5.28. The number of para-hydroxylation sites is 1. The van der Waals surface area contributed by atoms with Crippen molar-refractivity contribution < 1.29 is 4.79 Å². The predicted molar refractivity (Wildman–Crippen MR) is 117 cm³/mol. The van der Waals surface area contributed by atoms with E-state index in [0.29, 0.717) is 6.54 Å². The van der Waals surface area contributed by atoms with Crippen molar-refractivity contribution in [3.05, 3.63) is 78.0 Å². The molecule has 4 nitrogen and oxygen atoms in total. The van der Waals surface area contributed by atoms with Crippen LogP contribution in [0.2, 0.25) is 0 Å². The SMILES string of the molecule is CN(C)c1ccc(C=CC(=O)N2CC=C(c3c[nH]c4ccccc34)CC2)cc1. The maximum atomic E-state index is 12.5. The summed E-state index contributed by atoms with van der Waals surface area (Å²) in [7, 11) is 4.03. The molecule has 0 saturated carbocycles. The van der Waals surface area contributed by atoms with Crippen LogP contribution < -0.4 is 4.90 Å². The van der Waals surface area contributed by atoms with Gasteiger partial charge in [-0.15, -0.1) is 0 Å². The number of H-pyrrole nitrogens is 1. The summed E-state index contributed by atoms with van der Waals surface area (Å²) in [6.07, 6.45) is 8.69. The molecule has 1 aromatic heterocycles. The van der Waals surface area contributed by atoms with Gasteiger partial charge in [-0.25, -0.2) is 0 Å². The molecule has 1 N–H and O–H groups in total. The summed E-state index contributed by atoms with van der Waals surface area (Å²) >= 11 is 0. The smallest absolute Gasteiger partial charge is 0.246 e. The van der Waals surface area contributed by atoms with Gasteiger partial charge < -0.3 is 14.8 Å². The van der Waals surface area contributed by atoms with Crippen LogP contribution in [-0.4, -0.2) is 43.0 Å². The van der Waals surface area contributed by atoms with E-state index in [1.54, 1.807) is 6.08 Å². The first-order valence-electron chi connectivity index (χ1n) is 9.62. The number of anilines is 1. The summed E-state index contributed by atoms with van der Waals surface area (Å²) in [6, 6.07) is 16.5. The molecule has 2 heterocycles. The minimum Gasteiger partial charge on any atom is -0.378 e. The number of hydrogen-bond donors (Lipinski definition) is 1. The molecular formula is C24H25N3O. The van der Waals surface area contributed by atoms with Crippen LogP contribution in [0.1, 0.15) is 17.5 Å². The minimum atomic E-state index is 0.0610. The van der Waals surface area contributed by atoms with E-state index < -0.39 is 0 Å². The lowest BCUT2D eigenvalue weighted by atomic mass is 9.99. The topological polar surface area (TPSA) is 39.3 Å². The Bertz CT molecular complexity index is 1040. The highest BCUT2D eigenvalue weighted by atomic mass is 16.2. The maximum absolute atomic E-state index is 12.5. The largest absolute Gasteiger partial charge is 0.378 e. The highest BCUT2D eigenvalue weighted by Crippen LogP contribution is 2.29. The van der Waals surface area contributed by atoms with Gasteiger partial charge in [-0.05, 0) is 41.8 Å². The quantitative estimate of drug-likeness (QED) is 0.683. The lowest BCUT2D eigenvalue weighted by Crippen LogP contribution is -2.33. The number of benzene rings is 2. The van der Waals surface area contributed by atoms with Crippen LogP contribution in [0.15, 0.2) is 66.9 Å². The Balaban J connectivity index is 1.42. The lowest BCUT2D eigenvalue weighted by Gasteiger charge is -2.25. The normalized spacial score (nSPS) is 14.5. The molecule has 1 aliphatic heterocycles. The summed E-state index contributed by atoms with van der Waals surface area (Å²) < 4.78 is 0. The number of amides is 1. The zero-order chi connectivity index (χ0) is 19.5. The molecule has 0 saturated heterocycles. The number of nitrogens with zero attached hydrogens (tertiary/aromatic N) is 2. The first-order valence-corrected chi connectivity index (χ1v) is 9.62. The summed E-state index contributed by atoms with van der Waals surface area (Å²) in [4.78, 5) is 19.8. The van der Waals surface area contributed by atoms with E-state index in [-0.39, 0.29) is 5.91 Å². The Labute approximate surface area is 165 Å². The van der Waals surface area contributed by atoms with E-state index in [1.165, 1.54) is 16.5 Å². The fraction of sp³-hybridized carbons (Fsp3) is 0.208. The molecule has 0 spiro atoms. The van der Waals surface area contributed by atoms with Crippen molar-refractivity contribution in [1.82, 2.24) is 9.88 Å². The average Bonchev–Trinajstić information content (AvgIpc) is 3.16. The van der Waals surface area contributed by atoms with Gasteiger partial charge in [0.25, 0.3) is 0 Å². The van der Waals surface area contributed by atoms with Crippen molar-refractivity contribution in [2.75, 3.05) is 32.1 Å². The standard InChI is InChI=1S/C24H25N3O/c1-26(2)20-10-7-18(8-11-20)9-12-24(28)27-15-13-19(14-16-27)22-17-25-23-6-4-3-5-21(22)23/h3-13,17,25H,14-16H2,1-2H3. The number of aromatic nitrogens is 1. The van der Waals surface area contributed by atoms with Gasteiger partial charge in [0, 0.05) is 61.6 Å². The fourth-order valence-electron chi connectivity index (χ4n) is 3.61. The number of aromatic amines is 1. The molecule has 2 aromatic carbocycles. The molecule has 1 aliphatic rings. The van der Waals surface area contributed by atoms with Crippen LogP contribution in [0.3, 0.4) is 0 Å². The zero-order valence-corrected chi connectivity index (χ0v) is 16.4. The number of fused-ring (bicyclic) bond motifs is 1. The second kappa shape index (κ2) is 7.77. The van der Waals surface area contributed by atoms with Crippen LogP contribution in [0.25, 0.3) is 22.6 Å². The monoisotopic (exact) mass is 371 g/mol. The Morgan fingerprint density at radius 1 is 1.11 bits per heavy atom. The van der Waals surface area contributed by atoms with Crippen molar-refractivity contribution in [1.29, 1.82) is 0 Å². The highest BCUT2D eigenvalue weighted by molar-refractivity contribution is 5.95. The van der Waals surface area contributed by atoms with Crippen LogP contribution >= 0.6 is 0 Å². The van der Waals surface area contributed by atoms with Gasteiger partial charge in [-0.2, -0.15) is 0 Å². The Morgan fingerprint density at radius 2 is 1.89 bits per heavy atom. The third kappa shape index (κ3) is 3.72. The van der Waals surface area contributed by atoms with Gasteiger partial charge >= 0.3 is 0 Å². The third-order valence-electron chi connectivity index (χ3n) is 5.28. The molecule has 0 radical (unpaired) electrons. The van der Waals surface area contributed by atoms with Crippen LogP contribution in [0, 0.1) is 0 Å². The first-order chi connectivity index (χ1) is 13.6. The molecule has 142 valence electrons. The maximum Gasteiger partial charge on any atom is 0.246 e. The van der Waals surface area contributed by atoms with Crippen molar-refractivity contribution in [2.45, 2.75) is 6.42 Å². The predicted octanol–water partition coefficient (Wildman–Crippen LogP) is 4.56. The molecule has 0 bridgehead atoms. The van der Waals surface area contributed by atoms with Crippen molar-refractivity contribution in [3.63, 3.8) is 0 Å². The fourth-order valence-corrected chi connectivity index (χ4v) is 3.61. The van der Waals surface area contributed by atoms with E-state index in [4.69, 9.17) is 0 Å². The molecule has 0 aliphatic carbocycles. The van der Waals surface area contributed by atoms with E-state index in [9.17, 15) is 4.79 Å². The molecule has 4 rings (SSSR count). The Hall–Kier alpha value is -3.27. The average molecular weight is 371 g/mol. The number of carbonyl (C=O) groups excluding carboxylic acids is 1. The Morgan fingerprint density at radius 3 is 2.61 bits per heavy atom. The summed E-state index contributed by atoms with van der Waals surface area (Å²) in [5.41, 5.74) is 5.89. The molecule has 0 unspecified atom stereocenters. The number of carbonyl (C=O) groups is 1. The van der Waals surface area contributed by atoms with E-state index >= 15 is 0 Å². The molecule has 3 aromatic rings. The van der Waals surface area contributed by atoms with Gasteiger partial charge in [-0.3, -0.25) is 4.79 Å². The van der Waals surface area contributed by atoms with Crippen LogP contribution in [0.4, 0.5) is 5.69 Å². The molecule has 4 heteroatoms. The number of hydrogen-bond acceptors (Lipinski definition) is 2. The zero-order valence-electron chi connectivity index (χ0n) is 16.4. The molecule has 28 heavy (non-hydrogen) atoms. The van der Waals surface area contributed by atoms with E-state index in [2.05, 4.69) is 52.5 Å². The van der Waals surface area contributed by atoms with Gasteiger partial charge in [0.15, 0.2) is 0 Å². The van der Waals surface area contributed by atoms with Gasteiger partial charge in [-0.1, -0.05) is 36.4 Å². The highest BCUT2D eigenvalue weighted by Gasteiger charge is 2.17. The van der Waals surface area contributed by atoms with Crippen molar-refractivity contribution in [2.24, 2.45) is 0 Å². The minimum absolute atomic E-state index is 0.0610. The van der Waals surface area contributed by atoms with E-state index in [0.717, 1.165) is 29.7 Å². The van der Waals surface area contributed by atoms with Gasteiger partial charge in [0.1, 0.15) is 0 Å². The van der Waals surface area contributed by atoms with Crippen molar-refractivity contribution >= 4 is 34.1 Å².